The molecule has 1 aromatic heterocycles. The van der Waals surface area contributed by atoms with Crippen LogP contribution >= 0.6 is 0 Å². The van der Waals surface area contributed by atoms with Gasteiger partial charge in [0.1, 0.15) is 11.4 Å². The van der Waals surface area contributed by atoms with Gasteiger partial charge in [0.2, 0.25) is 0 Å². The highest BCUT2D eigenvalue weighted by Crippen LogP contribution is 2.59. The van der Waals surface area contributed by atoms with Crippen molar-refractivity contribution in [2.75, 3.05) is 0 Å². The monoisotopic (exact) mass is 901 g/mol. The summed E-state index contributed by atoms with van der Waals surface area (Å²) in [6.45, 7) is 14.0. The van der Waals surface area contributed by atoms with Crippen LogP contribution in [-0.4, -0.2) is 15.4 Å². The highest BCUT2D eigenvalue weighted by molar-refractivity contribution is 6.10. The molecule has 0 N–H and O–H groups in total. The Labute approximate surface area is 409 Å². The number of aromatic nitrogens is 3. The quantitative estimate of drug-likeness (QED) is 0.160. The van der Waals surface area contributed by atoms with Crippen LogP contribution in [0, 0.1) is 10.4 Å². The summed E-state index contributed by atoms with van der Waals surface area (Å²) in [7, 11) is 0. The summed E-state index contributed by atoms with van der Waals surface area (Å²) >= 11 is 0. The molecule has 70 heavy (non-hydrogen) atoms. The van der Waals surface area contributed by atoms with E-state index in [9.17, 15) is 0 Å². The van der Waals surface area contributed by atoms with Crippen LogP contribution in [0.4, 0.5) is 11.4 Å². The van der Waals surface area contributed by atoms with Crippen LogP contribution in [0.25, 0.3) is 89.3 Å². The third kappa shape index (κ3) is 7.03. The Balaban J connectivity index is 1.30. The smallest absolute Gasteiger partial charge is 0.106 e. The van der Waals surface area contributed by atoms with E-state index in [1.165, 1.54) is 11.1 Å². The van der Waals surface area contributed by atoms with Crippen molar-refractivity contribution in [2.24, 2.45) is 9.98 Å². The van der Waals surface area contributed by atoms with E-state index in [0.29, 0.717) is 0 Å². The summed E-state index contributed by atoms with van der Waals surface area (Å²) < 4.78 is 0. The Kier molecular flexibility index (Phi) is 10.2. The van der Waals surface area contributed by atoms with Crippen molar-refractivity contribution in [2.45, 2.75) is 52.4 Å². The van der Waals surface area contributed by atoms with Crippen molar-refractivity contribution >= 4 is 11.4 Å². The highest BCUT2D eigenvalue weighted by atomic mass is 15.3. The first-order chi connectivity index (χ1) is 34.1. The van der Waals surface area contributed by atoms with Crippen molar-refractivity contribution < 1.29 is 0 Å². The topological polar surface area (TPSA) is 63.4 Å². The molecule has 10 aromatic rings. The Morgan fingerprint density at radius 3 is 1.36 bits per heavy atom. The number of benzene rings is 9. The molecule has 5 nitrogen and oxygen atoms in total. The van der Waals surface area contributed by atoms with Gasteiger partial charge in [-0.1, -0.05) is 224 Å². The minimum atomic E-state index is -0.416. The van der Waals surface area contributed by atoms with Gasteiger partial charge in [-0.05, 0) is 89.9 Å². The SMILES string of the molecule is CC(C)(C)c1c(-c2ccccc2)c2c(c(-c3nnnc(-c4ccccc4-c4ccccc4)c3-c3ccccc3-c3ccccc3-c3ccccc3)c1C(C)(C)C)-c1c3c(ccc1=N2)=c1ccccc1=N3. The fourth-order valence-electron chi connectivity index (χ4n) is 11.0. The van der Waals surface area contributed by atoms with Gasteiger partial charge in [-0.2, -0.15) is 0 Å². The van der Waals surface area contributed by atoms with Crippen LogP contribution in [0.2, 0.25) is 0 Å². The van der Waals surface area contributed by atoms with Gasteiger partial charge >= 0.3 is 0 Å². The molecule has 0 unspecified atom stereocenters. The first-order valence-corrected chi connectivity index (χ1v) is 24.2. The Hall–Kier alpha value is -8.41. The summed E-state index contributed by atoms with van der Waals surface area (Å²) in [4.78, 5) is 11.2. The summed E-state index contributed by atoms with van der Waals surface area (Å²) in [6, 6.07) is 71.0. The van der Waals surface area contributed by atoms with E-state index < -0.39 is 5.41 Å². The first kappa shape index (κ1) is 42.9. The number of hydrogen-bond acceptors (Lipinski definition) is 5. The molecule has 12 rings (SSSR count). The summed E-state index contributed by atoms with van der Waals surface area (Å²) in [5.41, 5.74) is 19.8. The van der Waals surface area contributed by atoms with E-state index in [0.717, 1.165) is 122 Å². The number of hydrogen-bond donors (Lipinski definition) is 0. The van der Waals surface area contributed by atoms with Gasteiger partial charge in [-0.3, -0.25) is 0 Å². The maximum absolute atomic E-state index is 5.74. The molecular formula is C65H51N5. The molecule has 9 aromatic carbocycles. The Bertz CT molecular complexity index is 3940. The molecule has 336 valence electrons. The molecule has 0 bridgehead atoms. The summed E-state index contributed by atoms with van der Waals surface area (Å²) in [6.07, 6.45) is 0. The first-order valence-electron chi connectivity index (χ1n) is 24.2. The molecule has 0 radical (unpaired) electrons. The minimum Gasteiger partial charge on any atom is -0.247 e. The molecular weight excluding hydrogens is 851 g/mol. The van der Waals surface area contributed by atoms with Gasteiger partial charge in [0.25, 0.3) is 0 Å². The van der Waals surface area contributed by atoms with Crippen LogP contribution in [0.1, 0.15) is 52.7 Å². The fraction of sp³-hybridized carbons (Fsp3) is 0.123. The average molecular weight is 902 g/mol. The number of para-hydroxylation sites is 1. The standard InChI is InChI=1S/C65H51N5/c1-64(2,3)58-53(42-28-14-9-15-29-42)62-56(55-52(67-62)39-38-50-47-34-22-23-37-51(47)66-60(50)55)57(59(58)65(4,5)6)63-54(61(68-70-69-63)49-36-21-17-31-44(49)41-26-12-8-13-27-41)48-35-20-19-33-46(48)45-32-18-16-30-43(45)40-24-10-7-11-25-40/h7-39H,1-6H3. The van der Waals surface area contributed by atoms with Gasteiger partial charge < -0.3 is 0 Å². The van der Waals surface area contributed by atoms with Crippen molar-refractivity contribution in [3.05, 3.63) is 232 Å². The van der Waals surface area contributed by atoms with Crippen molar-refractivity contribution in [3.63, 3.8) is 0 Å². The molecule has 2 aliphatic rings. The van der Waals surface area contributed by atoms with Gasteiger partial charge in [0.05, 0.1) is 22.1 Å². The number of rotatable bonds is 7. The zero-order valence-corrected chi connectivity index (χ0v) is 40.3. The Morgan fingerprint density at radius 2 is 0.743 bits per heavy atom. The molecule has 0 atom stereocenters. The second-order valence-electron chi connectivity index (χ2n) is 20.4. The van der Waals surface area contributed by atoms with Gasteiger partial charge in [-0.15, -0.1) is 10.2 Å². The zero-order chi connectivity index (χ0) is 47.7. The van der Waals surface area contributed by atoms with Crippen LogP contribution in [-0.2, 0) is 10.8 Å². The third-order valence-corrected chi connectivity index (χ3v) is 13.9. The lowest BCUT2D eigenvalue weighted by molar-refractivity contribution is 0.533. The summed E-state index contributed by atoms with van der Waals surface area (Å²) in [5, 5.41) is 19.5. The fourth-order valence-corrected chi connectivity index (χ4v) is 11.0. The van der Waals surface area contributed by atoms with Crippen LogP contribution < -0.4 is 10.7 Å². The number of nitrogens with zero attached hydrogens (tertiary/aromatic N) is 5. The number of fused-ring (bicyclic) bond motifs is 6. The summed E-state index contributed by atoms with van der Waals surface area (Å²) in [5.74, 6) is 0. The molecule has 2 aliphatic heterocycles. The molecule has 0 aliphatic carbocycles. The van der Waals surface area contributed by atoms with E-state index in [-0.39, 0.29) is 5.41 Å². The van der Waals surface area contributed by atoms with Crippen LogP contribution in [0.15, 0.2) is 210 Å². The van der Waals surface area contributed by atoms with Crippen molar-refractivity contribution in [3.8, 4) is 89.3 Å². The molecule has 5 heteroatoms. The van der Waals surface area contributed by atoms with E-state index in [1.54, 1.807) is 0 Å². The molecule has 0 spiro atoms. The highest BCUT2D eigenvalue weighted by Gasteiger charge is 2.40. The van der Waals surface area contributed by atoms with Crippen molar-refractivity contribution in [1.29, 1.82) is 0 Å². The lowest BCUT2D eigenvalue weighted by Crippen LogP contribution is -2.25. The maximum Gasteiger partial charge on any atom is 0.106 e. The van der Waals surface area contributed by atoms with Gasteiger partial charge in [0, 0.05) is 43.8 Å². The van der Waals surface area contributed by atoms with E-state index >= 15 is 0 Å². The predicted octanol–water partition coefficient (Wildman–Crippen LogP) is 15.6. The second kappa shape index (κ2) is 16.7. The van der Waals surface area contributed by atoms with Gasteiger partial charge in [0.15, 0.2) is 0 Å². The predicted molar refractivity (Wildman–Crippen MR) is 286 cm³/mol. The van der Waals surface area contributed by atoms with Gasteiger partial charge in [-0.25, -0.2) is 9.98 Å². The molecule has 0 amide bonds. The molecule has 0 saturated carbocycles. The van der Waals surface area contributed by atoms with E-state index in [4.69, 9.17) is 25.4 Å². The third-order valence-electron chi connectivity index (χ3n) is 13.9. The lowest BCUT2D eigenvalue weighted by atomic mass is 9.67. The molecule has 0 saturated heterocycles. The Morgan fingerprint density at radius 1 is 0.286 bits per heavy atom. The average Bonchev–Trinajstić information content (AvgIpc) is 3.97. The normalized spacial score (nSPS) is 12.4. The van der Waals surface area contributed by atoms with Crippen LogP contribution in [0.5, 0.6) is 0 Å². The van der Waals surface area contributed by atoms with E-state index in [1.807, 2.05) is 0 Å². The minimum absolute atomic E-state index is 0.347. The van der Waals surface area contributed by atoms with Crippen molar-refractivity contribution in [1.82, 2.24) is 15.4 Å². The second-order valence-corrected chi connectivity index (χ2v) is 20.4. The maximum atomic E-state index is 5.74. The molecule has 0 fully saturated rings. The lowest BCUT2D eigenvalue weighted by Gasteiger charge is -2.37. The molecule has 3 heterocycles. The largest absolute Gasteiger partial charge is 0.247 e. The van der Waals surface area contributed by atoms with Crippen LogP contribution in [0.3, 0.4) is 0 Å². The van der Waals surface area contributed by atoms with E-state index in [2.05, 4.69) is 242 Å². The zero-order valence-electron chi connectivity index (χ0n) is 40.3.